The molecule has 0 fully saturated rings. The molecule has 4 aromatic rings. The summed E-state index contributed by atoms with van der Waals surface area (Å²) in [7, 11) is -4.08. The molecule has 4 rings (SSSR count). The minimum atomic E-state index is -4.08. The first kappa shape index (κ1) is 26.9. The Hall–Kier alpha value is -3.12. The standard InChI is InChI=1S/C25H23ClN4O4S3/c1-2-34-21-12-10-20(11-13-21)30(37(32,33)22-14-8-19(26)9-15-22)16-23(31)27-24-28-29-25(36-24)35-17-18-6-4-3-5-7-18/h3-15H,2,16-17H2,1H3,(H,27,28,31). The Morgan fingerprint density at radius 3 is 2.41 bits per heavy atom. The number of amides is 1. The number of benzene rings is 3. The van der Waals surface area contributed by atoms with Crippen molar-refractivity contribution in [2.75, 3.05) is 22.8 Å². The van der Waals surface area contributed by atoms with Crippen LogP contribution < -0.4 is 14.4 Å². The molecule has 0 atom stereocenters. The SMILES string of the molecule is CCOc1ccc(N(CC(=O)Nc2nnc(SCc3ccccc3)s2)S(=O)(=O)c2ccc(Cl)cc2)cc1. The second-order valence-electron chi connectivity index (χ2n) is 7.59. The van der Waals surface area contributed by atoms with Crippen LogP contribution >= 0.6 is 34.7 Å². The van der Waals surface area contributed by atoms with Crippen molar-refractivity contribution in [3.63, 3.8) is 0 Å². The van der Waals surface area contributed by atoms with E-state index in [0.717, 1.165) is 9.87 Å². The first-order valence-corrected chi connectivity index (χ1v) is 14.8. The van der Waals surface area contributed by atoms with Crippen molar-refractivity contribution in [2.45, 2.75) is 21.9 Å². The van der Waals surface area contributed by atoms with E-state index in [1.165, 1.54) is 47.4 Å². The van der Waals surface area contributed by atoms with Gasteiger partial charge in [0.05, 0.1) is 17.2 Å². The van der Waals surface area contributed by atoms with E-state index >= 15 is 0 Å². The fourth-order valence-electron chi connectivity index (χ4n) is 3.25. The van der Waals surface area contributed by atoms with Gasteiger partial charge in [-0.05, 0) is 61.0 Å². The number of carbonyl (C=O) groups is 1. The van der Waals surface area contributed by atoms with Gasteiger partial charge in [-0.1, -0.05) is 65.0 Å². The Labute approximate surface area is 228 Å². The molecule has 1 N–H and O–H groups in total. The lowest BCUT2D eigenvalue weighted by atomic mass is 10.2. The molecule has 0 saturated carbocycles. The highest BCUT2D eigenvalue weighted by molar-refractivity contribution is 8.00. The summed E-state index contributed by atoms with van der Waals surface area (Å²) < 4.78 is 34.2. The maximum absolute atomic E-state index is 13.5. The lowest BCUT2D eigenvalue weighted by Crippen LogP contribution is -2.38. The number of aromatic nitrogens is 2. The number of carbonyl (C=O) groups excluding carboxylic acids is 1. The van der Waals surface area contributed by atoms with Crippen molar-refractivity contribution in [3.05, 3.63) is 89.4 Å². The quantitative estimate of drug-likeness (QED) is 0.181. The van der Waals surface area contributed by atoms with E-state index in [0.29, 0.717) is 33.2 Å². The van der Waals surface area contributed by atoms with E-state index in [1.54, 1.807) is 24.3 Å². The number of nitrogens with zero attached hydrogens (tertiary/aromatic N) is 3. The van der Waals surface area contributed by atoms with Crippen LogP contribution in [0, 0.1) is 0 Å². The van der Waals surface area contributed by atoms with Crippen LogP contribution in [0.3, 0.4) is 0 Å². The molecule has 0 spiro atoms. The lowest BCUT2D eigenvalue weighted by Gasteiger charge is -2.24. The molecule has 1 heterocycles. The van der Waals surface area contributed by atoms with Crippen molar-refractivity contribution >= 4 is 61.4 Å². The molecule has 12 heteroatoms. The molecule has 0 bridgehead atoms. The van der Waals surface area contributed by atoms with Gasteiger partial charge in [0.1, 0.15) is 12.3 Å². The minimum Gasteiger partial charge on any atom is -0.494 e. The van der Waals surface area contributed by atoms with Crippen molar-refractivity contribution in [1.82, 2.24) is 10.2 Å². The van der Waals surface area contributed by atoms with Gasteiger partial charge in [0.15, 0.2) is 4.34 Å². The average molecular weight is 575 g/mol. The number of ether oxygens (including phenoxy) is 1. The van der Waals surface area contributed by atoms with Crippen molar-refractivity contribution in [2.24, 2.45) is 0 Å². The zero-order valence-corrected chi connectivity index (χ0v) is 22.9. The second kappa shape index (κ2) is 12.4. The highest BCUT2D eigenvalue weighted by Crippen LogP contribution is 2.29. The number of hydrogen-bond acceptors (Lipinski definition) is 8. The van der Waals surface area contributed by atoms with Crippen LogP contribution in [0.15, 0.2) is 88.1 Å². The predicted octanol–water partition coefficient (Wildman–Crippen LogP) is 5.72. The number of sulfonamides is 1. The van der Waals surface area contributed by atoms with E-state index in [-0.39, 0.29) is 10.0 Å². The van der Waals surface area contributed by atoms with E-state index in [9.17, 15) is 13.2 Å². The van der Waals surface area contributed by atoms with Crippen LogP contribution in [-0.2, 0) is 20.6 Å². The highest BCUT2D eigenvalue weighted by Gasteiger charge is 2.27. The summed E-state index contributed by atoms with van der Waals surface area (Å²) in [4.78, 5) is 13.0. The molecule has 1 amide bonds. The average Bonchev–Trinajstić information content (AvgIpc) is 3.35. The first-order valence-electron chi connectivity index (χ1n) is 11.2. The van der Waals surface area contributed by atoms with Crippen molar-refractivity contribution in [1.29, 1.82) is 0 Å². The molecule has 37 heavy (non-hydrogen) atoms. The maximum Gasteiger partial charge on any atom is 0.264 e. The number of nitrogens with one attached hydrogen (secondary N) is 1. The molecule has 8 nitrogen and oxygen atoms in total. The molecule has 3 aromatic carbocycles. The van der Waals surface area contributed by atoms with Gasteiger partial charge >= 0.3 is 0 Å². The van der Waals surface area contributed by atoms with Crippen LogP contribution in [0.5, 0.6) is 5.75 Å². The fourth-order valence-corrected chi connectivity index (χ4v) is 6.52. The molecule has 192 valence electrons. The van der Waals surface area contributed by atoms with E-state index in [2.05, 4.69) is 15.5 Å². The first-order chi connectivity index (χ1) is 17.8. The smallest absolute Gasteiger partial charge is 0.264 e. The molecular formula is C25H23ClN4O4S3. The number of anilines is 2. The normalized spacial score (nSPS) is 11.2. The van der Waals surface area contributed by atoms with Crippen LogP contribution in [0.1, 0.15) is 12.5 Å². The Morgan fingerprint density at radius 2 is 1.73 bits per heavy atom. The van der Waals surface area contributed by atoms with Gasteiger partial charge in [-0.15, -0.1) is 10.2 Å². The monoisotopic (exact) mass is 574 g/mol. The molecule has 0 saturated heterocycles. The Kier molecular flexibility index (Phi) is 9.04. The largest absolute Gasteiger partial charge is 0.494 e. The Bertz CT molecular complexity index is 1430. The summed E-state index contributed by atoms with van der Waals surface area (Å²) in [5.74, 6) is 0.755. The molecule has 0 aliphatic carbocycles. The molecule has 0 radical (unpaired) electrons. The summed E-state index contributed by atoms with van der Waals surface area (Å²) in [6.45, 7) is 1.86. The lowest BCUT2D eigenvalue weighted by molar-refractivity contribution is -0.114. The van der Waals surface area contributed by atoms with Crippen LogP contribution in [-0.4, -0.2) is 37.7 Å². The third-order valence-corrected chi connectivity index (χ3v) is 9.07. The van der Waals surface area contributed by atoms with Gasteiger partial charge in [-0.2, -0.15) is 0 Å². The maximum atomic E-state index is 13.5. The van der Waals surface area contributed by atoms with Crippen LogP contribution in [0.4, 0.5) is 10.8 Å². The number of thioether (sulfide) groups is 1. The third kappa shape index (κ3) is 7.22. The van der Waals surface area contributed by atoms with Gasteiger partial charge < -0.3 is 4.74 Å². The van der Waals surface area contributed by atoms with Gasteiger partial charge in [0, 0.05) is 10.8 Å². The predicted molar refractivity (Wildman–Crippen MR) is 148 cm³/mol. The molecule has 0 aliphatic heterocycles. The summed E-state index contributed by atoms with van der Waals surface area (Å²) in [5.41, 5.74) is 1.46. The summed E-state index contributed by atoms with van der Waals surface area (Å²) in [6, 6.07) is 22.2. The van der Waals surface area contributed by atoms with E-state index in [1.807, 2.05) is 37.3 Å². The number of rotatable bonds is 11. The number of hydrogen-bond donors (Lipinski definition) is 1. The van der Waals surface area contributed by atoms with Gasteiger partial charge in [-0.25, -0.2) is 8.42 Å². The van der Waals surface area contributed by atoms with Crippen LogP contribution in [0.2, 0.25) is 5.02 Å². The van der Waals surface area contributed by atoms with Crippen molar-refractivity contribution in [3.8, 4) is 5.75 Å². The summed E-state index contributed by atoms with van der Waals surface area (Å²) in [6.07, 6.45) is 0. The van der Waals surface area contributed by atoms with Crippen LogP contribution in [0.25, 0.3) is 0 Å². The zero-order valence-electron chi connectivity index (χ0n) is 19.7. The fraction of sp³-hybridized carbons (Fsp3) is 0.160. The van der Waals surface area contributed by atoms with Gasteiger partial charge in [-0.3, -0.25) is 14.4 Å². The summed E-state index contributed by atoms with van der Waals surface area (Å²) >= 11 is 8.67. The Morgan fingerprint density at radius 1 is 1.03 bits per heavy atom. The molecule has 0 aliphatic rings. The zero-order chi connectivity index (χ0) is 26.3. The van der Waals surface area contributed by atoms with Gasteiger partial charge in [0.2, 0.25) is 11.0 Å². The number of halogens is 1. The molecule has 1 aromatic heterocycles. The minimum absolute atomic E-state index is 0.00842. The molecule has 0 unspecified atom stereocenters. The van der Waals surface area contributed by atoms with E-state index in [4.69, 9.17) is 16.3 Å². The topological polar surface area (TPSA) is 101 Å². The molecular weight excluding hydrogens is 552 g/mol. The third-order valence-electron chi connectivity index (χ3n) is 4.98. The van der Waals surface area contributed by atoms with Crippen molar-refractivity contribution < 1.29 is 17.9 Å². The Balaban J connectivity index is 1.50. The summed E-state index contributed by atoms with van der Waals surface area (Å²) in [5, 5.41) is 11.5. The highest BCUT2D eigenvalue weighted by atomic mass is 35.5. The van der Waals surface area contributed by atoms with E-state index < -0.39 is 22.5 Å². The second-order valence-corrected chi connectivity index (χ2v) is 12.1. The van der Waals surface area contributed by atoms with Gasteiger partial charge in [0.25, 0.3) is 10.0 Å².